The predicted molar refractivity (Wildman–Crippen MR) is 130 cm³/mol. The second-order valence-corrected chi connectivity index (χ2v) is 8.72. The molecule has 0 saturated carbocycles. The van der Waals surface area contributed by atoms with Gasteiger partial charge in [-0.05, 0) is 61.6 Å². The highest BCUT2D eigenvalue weighted by Crippen LogP contribution is 2.26. The molecule has 4 rings (SSSR count). The van der Waals surface area contributed by atoms with Crippen molar-refractivity contribution >= 4 is 16.8 Å². The van der Waals surface area contributed by atoms with Crippen molar-refractivity contribution in [3.63, 3.8) is 0 Å². The number of methoxy groups -OCH3 is 2. The molecular formula is C27H33N3O3. The van der Waals surface area contributed by atoms with Crippen LogP contribution in [0.2, 0.25) is 0 Å². The highest BCUT2D eigenvalue weighted by atomic mass is 16.5. The summed E-state index contributed by atoms with van der Waals surface area (Å²) in [5.74, 6) is 2.10. The molecule has 0 radical (unpaired) electrons. The number of nitrogens with zero attached hydrogens (tertiary/aromatic N) is 2. The number of hydrogen-bond donors (Lipinski definition) is 1. The van der Waals surface area contributed by atoms with Gasteiger partial charge in [-0.1, -0.05) is 18.2 Å². The number of rotatable bonds is 9. The summed E-state index contributed by atoms with van der Waals surface area (Å²) in [7, 11) is 3.26. The van der Waals surface area contributed by atoms with Crippen LogP contribution >= 0.6 is 0 Å². The van der Waals surface area contributed by atoms with Crippen LogP contribution in [0.3, 0.4) is 0 Å². The first-order chi connectivity index (χ1) is 16.2. The second kappa shape index (κ2) is 11.1. The first-order valence-corrected chi connectivity index (χ1v) is 11.7. The van der Waals surface area contributed by atoms with Crippen LogP contribution in [0.25, 0.3) is 10.9 Å². The van der Waals surface area contributed by atoms with Gasteiger partial charge >= 0.3 is 0 Å². The summed E-state index contributed by atoms with van der Waals surface area (Å²) in [6.45, 7) is 3.54. The molecule has 2 heterocycles. The third-order valence-corrected chi connectivity index (χ3v) is 6.48. The molecule has 0 aliphatic carbocycles. The van der Waals surface area contributed by atoms with Gasteiger partial charge in [-0.15, -0.1) is 0 Å². The maximum absolute atomic E-state index is 12.5. The lowest BCUT2D eigenvalue weighted by molar-refractivity contribution is -0.121. The first kappa shape index (κ1) is 23.1. The minimum atomic E-state index is 0.0881. The maximum atomic E-state index is 12.5. The molecule has 0 bridgehead atoms. The molecule has 1 amide bonds. The van der Waals surface area contributed by atoms with Crippen LogP contribution in [0, 0.1) is 5.92 Å². The third kappa shape index (κ3) is 6.02. The van der Waals surface area contributed by atoms with Gasteiger partial charge in [0.2, 0.25) is 5.91 Å². The van der Waals surface area contributed by atoms with E-state index in [0.717, 1.165) is 48.6 Å². The van der Waals surface area contributed by atoms with Crippen molar-refractivity contribution in [3.8, 4) is 11.5 Å². The molecule has 1 fully saturated rings. The second-order valence-electron chi connectivity index (χ2n) is 8.72. The van der Waals surface area contributed by atoms with Gasteiger partial charge in [0.25, 0.3) is 0 Å². The zero-order valence-corrected chi connectivity index (χ0v) is 19.5. The number of carbonyl (C=O) groups excluding carboxylic acids is 1. The number of ether oxygens (including phenoxy) is 2. The number of hydrogen-bond acceptors (Lipinski definition) is 5. The average Bonchev–Trinajstić information content (AvgIpc) is 2.86. The summed E-state index contributed by atoms with van der Waals surface area (Å²) in [5.41, 5.74) is 3.32. The smallest absolute Gasteiger partial charge is 0.220 e. The van der Waals surface area contributed by atoms with E-state index in [9.17, 15) is 4.79 Å². The third-order valence-electron chi connectivity index (χ3n) is 6.48. The Bertz CT molecular complexity index is 1080. The average molecular weight is 448 g/mol. The lowest BCUT2D eigenvalue weighted by Crippen LogP contribution is -2.35. The number of fused-ring (bicyclic) bond motifs is 1. The zero-order valence-electron chi connectivity index (χ0n) is 19.5. The lowest BCUT2D eigenvalue weighted by Gasteiger charge is -2.33. The Morgan fingerprint density at radius 3 is 2.88 bits per heavy atom. The van der Waals surface area contributed by atoms with Crippen LogP contribution in [0.15, 0.2) is 54.7 Å². The van der Waals surface area contributed by atoms with Gasteiger partial charge in [-0.3, -0.25) is 14.7 Å². The Morgan fingerprint density at radius 1 is 1.12 bits per heavy atom. The summed E-state index contributed by atoms with van der Waals surface area (Å²) in [5, 5.41) is 4.27. The van der Waals surface area contributed by atoms with E-state index >= 15 is 0 Å². The lowest BCUT2D eigenvalue weighted by atomic mass is 9.92. The number of nitrogens with one attached hydrogen (secondary N) is 1. The minimum Gasteiger partial charge on any atom is -0.497 e. The topological polar surface area (TPSA) is 63.7 Å². The minimum absolute atomic E-state index is 0.0881. The van der Waals surface area contributed by atoms with Crippen molar-refractivity contribution in [3.05, 3.63) is 65.9 Å². The summed E-state index contributed by atoms with van der Waals surface area (Å²) < 4.78 is 10.7. The van der Waals surface area contributed by atoms with Crippen molar-refractivity contribution in [2.75, 3.05) is 27.3 Å². The fourth-order valence-electron chi connectivity index (χ4n) is 4.69. The number of aromatic nitrogens is 1. The normalized spacial score (nSPS) is 16.5. The molecule has 1 aliphatic heterocycles. The molecule has 1 atom stereocenters. The van der Waals surface area contributed by atoms with Crippen LogP contribution in [0.4, 0.5) is 0 Å². The van der Waals surface area contributed by atoms with E-state index < -0.39 is 0 Å². The highest BCUT2D eigenvalue weighted by Gasteiger charge is 2.21. The SMILES string of the molecule is COc1ccc(CNC(=O)CCC2CCCN(Cc3cccc4ncccc34)C2)c(OC)c1. The van der Waals surface area contributed by atoms with Crippen LogP contribution in [0.5, 0.6) is 11.5 Å². The number of benzene rings is 2. The van der Waals surface area contributed by atoms with Crippen LogP contribution < -0.4 is 14.8 Å². The monoisotopic (exact) mass is 447 g/mol. The quantitative estimate of drug-likeness (QED) is 0.521. The Hall–Kier alpha value is -3.12. The van der Waals surface area contributed by atoms with E-state index in [1.54, 1.807) is 14.2 Å². The van der Waals surface area contributed by atoms with Gasteiger partial charge in [0.1, 0.15) is 11.5 Å². The predicted octanol–water partition coefficient (Wildman–Crippen LogP) is 4.56. The molecule has 1 aliphatic rings. The van der Waals surface area contributed by atoms with Crippen molar-refractivity contribution in [1.82, 2.24) is 15.2 Å². The Morgan fingerprint density at radius 2 is 2.03 bits per heavy atom. The van der Waals surface area contributed by atoms with Crippen LogP contribution in [-0.2, 0) is 17.9 Å². The van der Waals surface area contributed by atoms with Gasteiger partial charge in [-0.2, -0.15) is 0 Å². The molecule has 33 heavy (non-hydrogen) atoms. The number of piperidine rings is 1. The van der Waals surface area contributed by atoms with E-state index in [0.29, 0.717) is 18.9 Å². The van der Waals surface area contributed by atoms with Crippen molar-refractivity contribution in [2.24, 2.45) is 5.92 Å². The Kier molecular flexibility index (Phi) is 7.79. The molecule has 1 saturated heterocycles. The van der Waals surface area contributed by atoms with E-state index in [-0.39, 0.29) is 5.91 Å². The fraction of sp³-hybridized carbons (Fsp3) is 0.407. The summed E-state index contributed by atoms with van der Waals surface area (Å²) >= 11 is 0. The van der Waals surface area contributed by atoms with Crippen LogP contribution in [-0.4, -0.2) is 43.1 Å². The number of likely N-dealkylation sites (tertiary alicyclic amines) is 1. The largest absolute Gasteiger partial charge is 0.497 e. The molecule has 3 aromatic rings. The van der Waals surface area contributed by atoms with Crippen molar-refractivity contribution in [2.45, 2.75) is 38.8 Å². The van der Waals surface area contributed by atoms with E-state index in [4.69, 9.17) is 9.47 Å². The maximum Gasteiger partial charge on any atom is 0.220 e. The van der Waals surface area contributed by atoms with Crippen molar-refractivity contribution in [1.29, 1.82) is 0 Å². The molecule has 1 unspecified atom stereocenters. The molecule has 174 valence electrons. The van der Waals surface area contributed by atoms with Crippen molar-refractivity contribution < 1.29 is 14.3 Å². The van der Waals surface area contributed by atoms with Gasteiger partial charge in [0.15, 0.2) is 0 Å². The molecule has 6 heteroatoms. The Balaban J connectivity index is 1.26. The molecular weight excluding hydrogens is 414 g/mol. The molecule has 6 nitrogen and oxygen atoms in total. The molecule has 1 aromatic heterocycles. The van der Waals surface area contributed by atoms with E-state index in [1.807, 2.05) is 30.5 Å². The zero-order chi connectivity index (χ0) is 23.0. The Labute approximate surface area is 195 Å². The summed E-state index contributed by atoms with van der Waals surface area (Å²) in [4.78, 5) is 19.5. The molecule has 2 aromatic carbocycles. The van der Waals surface area contributed by atoms with E-state index in [1.165, 1.54) is 23.8 Å². The highest BCUT2D eigenvalue weighted by molar-refractivity contribution is 5.81. The summed E-state index contributed by atoms with van der Waals surface area (Å²) in [6.07, 6.45) is 5.68. The number of amides is 1. The van der Waals surface area contributed by atoms with Gasteiger partial charge in [0, 0.05) is 49.3 Å². The molecule has 1 N–H and O–H groups in total. The van der Waals surface area contributed by atoms with E-state index in [2.05, 4.69) is 39.5 Å². The van der Waals surface area contributed by atoms with Gasteiger partial charge < -0.3 is 14.8 Å². The fourth-order valence-corrected chi connectivity index (χ4v) is 4.69. The molecule has 0 spiro atoms. The number of pyridine rings is 1. The van der Waals surface area contributed by atoms with Gasteiger partial charge in [-0.25, -0.2) is 0 Å². The first-order valence-electron chi connectivity index (χ1n) is 11.7. The summed E-state index contributed by atoms with van der Waals surface area (Å²) in [6, 6.07) is 16.2. The van der Waals surface area contributed by atoms with Gasteiger partial charge in [0.05, 0.1) is 19.7 Å². The van der Waals surface area contributed by atoms with Crippen LogP contribution in [0.1, 0.15) is 36.8 Å². The number of carbonyl (C=O) groups is 1. The standard InChI is InChI=1S/C27H33N3O3/c1-32-23-12-11-21(26(16-23)33-2)17-29-27(31)13-10-20-6-5-15-30(18-20)19-22-7-3-9-25-24(22)8-4-14-28-25/h3-4,7-9,11-12,14,16,20H,5-6,10,13,15,17-19H2,1-2H3,(H,29,31).